The monoisotopic (exact) mass is 380 g/mol. The molecule has 1 heterocycles. The maximum Gasteiger partial charge on any atom is 0.107 e. The predicted molar refractivity (Wildman–Crippen MR) is 113 cm³/mol. The first-order chi connectivity index (χ1) is 13.8. The summed E-state index contributed by atoms with van der Waals surface area (Å²) in [7, 11) is 0. The van der Waals surface area contributed by atoms with Gasteiger partial charge in [-0.3, -0.25) is 4.90 Å². The first-order valence-corrected chi connectivity index (χ1v) is 10.4. The van der Waals surface area contributed by atoms with Gasteiger partial charge in [0.15, 0.2) is 0 Å². The normalized spacial score (nSPS) is 16.2. The average molecular weight is 381 g/mol. The van der Waals surface area contributed by atoms with Crippen LogP contribution in [0.5, 0.6) is 0 Å². The van der Waals surface area contributed by atoms with E-state index in [0.717, 1.165) is 13.1 Å². The van der Waals surface area contributed by atoms with Gasteiger partial charge in [-0.05, 0) is 30.5 Å². The summed E-state index contributed by atoms with van der Waals surface area (Å²) in [6, 6.07) is 15.4. The fourth-order valence-corrected chi connectivity index (χ4v) is 4.10. The molecule has 0 radical (unpaired) electrons. The molecule has 4 heteroatoms. The van der Waals surface area contributed by atoms with E-state index in [2.05, 4.69) is 64.0 Å². The molecule has 1 aliphatic rings. The molecule has 28 heavy (non-hydrogen) atoms. The van der Waals surface area contributed by atoms with Gasteiger partial charge in [0.2, 0.25) is 0 Å². The van der Waals surface area contributed by atoms with Gasteiger partial charge in [-0.25, -0.2) is 0 Å². The quantitative estimate of drug-likeness (QED) is 0.505. The summed E-state index contributed by atoms with van der Waals surface area (Å²) in [6.07, 6.45) is 13.1. The lowest BCUT2D eigenvalue weighted by molar-refractivity contribution is 0.0101. The van der Waals surface area contributed by atoms with Crippen molar-refractivity contribution in [1.82, 2.24) is 9.47 Å². The second-order valence-corrected chi connectivity index (χ2v) is 7.71. The molecular weight excluding hydrogens is 348 g/mol. The molecule has 2 aromatic rings. The van der Waals surface area contributed by atoms with Crippen LogP contribution < -0.4 is 0 Å². The minimum absolute atomic E-state index is 0.250. The molecule has 3 rings (SSSR count). The summed E-state index contributed by atoms with van der Waals surface area (Å²) in [5.74, 6) is 2.46. The highest BCUT2D eigenvalue weighted by atomic mass is 16.5. The van der Waals surface area contributed by atoms with Crippen molar-refractivity contribution < 1.29 is 9.84 Å². The SMILES string of the molecule is C#CCOC[C@H](O)CN(Cc1cccn1Cc1ccccc1)C1CCCCC1. The standard InChI is InChI=1S/C24H32N2O2/c1-2-16-28-20-24(27)19-26(22-12-7-4-8-13-22)18-23-14-9-15-25(23)17-21-10-5-3-6-11-21/h1,3,5-6,9-11,14-15,22,24,27H,4,7-8,12-13,16-20H2/t24-/m1/s1. The fraction of sp³-hybridized carbons (Fsp3) is 0.500. The van der Waals surface area contributed by atoms with Crippen LogP contribution in [0.4, 0.5) is 0 Å². The lowest BCUT2D eigenvalue weighted by Crippen LogP contribution is -2.42. The molecule has 1 fully saturated rings. The third kappa shape index (κ3) is 6.24. The van der Waals surface area contributed by atoms with E-state index in [9.17, 15) is 5.11 Å². The Hall–Kier alpha value is -2.06. The van der Waals surface area contributed by atoms with Crippen molar-refractivity contribution in [3.05, 3.63) is 59.9 Å². The van der Waals surface area contributed by atoms with Crippen molar-refractivity contribution in [2.45, 2.75) is 57.3 Å². The summed E-state index contributed by atoms with van der Waals surface area (Å²) < 4.78 is 7.66. The van der Waals surface area contributed by atoms with Crippen LogP contribution in [0, 0.1) is 12.3 Å². The maximum absolute atomic E-state index is 10.5. The minimum Gasteiger partial charge on any atom is -0.389 e. The second kappa shape index (κ2) is 11.1. The molecule has 1 N–H and O–H groups in total. The number of aromatic nitrogens is 1. The Morgan fingerprint density at radius 1 is 1.14 bits per heavy atom. The molecule has 0 unspecified atom stereocenters. The molecule has 1 aromatic carbocycles. The first kappa shape index (κ1) is 20.7. The third-order valence-corrected chi connectivity index (χ3v) is 5.52. The number of aliphatic hydroxyl groups is 1. The summed E-state index contributed by atoms with van der Waals surface area (Å²) in [6.45, 7) is 2.87. The molecule has 1 aromatic heterocycles. The Labute approximate surface area is 169 Å². The Bertz CT molecular complexity index is 729. The molecule has 4 nitrogen and oxygen atoms in total. The highest BCUT2D eigenvalue weighted by molar-refractivity contribution is 5.17. The smallest absolute Gasteiger partial charge is 0.107 e. The van der Waals surface area contributed by atoms with Crippen LogP contribution in [0.3, 0.4) is 0 Å². The number of terminal acetylenes is 1. The number of hydrogen-bond acceptors (Lipinski definition) is 3. The molecule has 0 amide bonds. The molecule has 0 spiro atoms. The topological polar surface area (TPSA) is 37.6 Å². The lowest BCUT2D eigenvalue weighted by atomic mass is 9.94. The van der Waals surface area contributed by atoms with Gasteiger partial charge in [-0.15, -0.1) is 6.42 Å². The molecule has 0 aliphatic heterocycles. The number of ether oxygens (including phenoxy) is 1. The molecule has 1 atom stereocenters. The van der Waals surface area contributed by atoms with Crippen LogP contribution in [0.2, 0.25) is 0 Å². The number of hydrogen-bond donors (Lipinski definition) is 1. The predicted octanol–water partition coefficient (Wildman–Crippen LogP) is 3.68. The van der Waals surface area contributed by atoms with Crippen molar-refractivity contribution >= 4 is 0 Å². The van der Waals surface area contributed by atoms with Crippen molar-refractivity contribution in [2.24, 2.45) is 0 Å². The second-order valence-electron chi connectivity index (χ2n) is 7.71. The molecule has 0 saturated heterocycles. The molecule has 0 bridgehead atoms. The van der Waals surface area contributed by atoms with E-state index in [-0.39, 0.29) is 6.61 Å². The highest BCUT2D eigenvalue weighted by Crippen LogP contribution is 2.24. The van der Waals surface area contributed by atoms with Crippen LogP contribution >= 0.6 is 0 Å². The van der Waals surface area contributed by atoms with Crippen LogP contribution in [0.25, 0.3) is 0 Å². The molecule has 1 aliphatic carbocycles. The van der Waals surface area contributed by atoms with Crippen molar-refractivity contribution in [3.8, 4) is 12.3 Å². The minimum atomic E-state index is -0.521. The zero-order valence-corrected chi connectivity index (χ0v) is 16.7. The van der Waals surface area contributed by atoms with E-state index in [4.69, 9.17) is 11.2 Å². The van der Waals surface area contributed by atoms with Gasteiger partial charge in [0.25, 0.3) is 0 Å². The van der Waals surface area contributed by atoms with Crippen molar-refractivity contribution in [3.63, 3.8) is 0 Å². The zero-order chi connectivity index (χ0) is 19.6. The third-order valence-electron chi connectivity index (χ3n) is 5.52. The maximum atomic E-state index is 10.5. The summed E-state index contributed by atoms with van der Waals surface area (Å²) in [5, 5.41) is 10.5. The Morgan fingerprint density at radius 2 is 1.93 bits per heavy atom. The van der Waals surface area contributed by atoms with Gasteiger partial charge in [0.1, 0.15) is 6.61 Å². The highest BCUT2D eigenvalue weighted by Gasteiger charge is 2.24. The van der Waals surface area contributed by atoms with Crippen molar-refractivity contribution in [1.29, 1.82) is 0 Å². The van der Waals surface area contributed by atoms with E-state index >= 15 is 0 Å². The van der Waals surface area contributed by atoms with Gasteiger partial charge >= 0.3 is 0 Å². The lowest BCUT2D eigenvalue weighted by Gasteiger charge is -2.35. The van der Waals surface area contributed by atoms with Gasteiger partial charge in [-0.1, -0.05) is 55.5 Å². The van der Waals surface area contributed by atoms with Crippen LogP contribution in [0.1, 0.15) is 43.4 Å². The summed E-state index contributed by atoms with van der Waals surface area (Å²) in [4.78, 5) is 2.44. The van der Waals surface area contributed by atoms with Crippen molar-refractivity contribution in [2.75, 3.05) is 19.8 Å². The number of nitrogens with zero attached hydrogens (tertiary/aromatic N) is 2. The zero-order valence-electron chi connectivity index (χ0n) is 16.7. The fourth-order valence-electron chi connectivity index (χ4n) is 4.10. The largest absolute Gasteiger partial charge is 0.389 e. The van der Waals surface area contributed by atoms with Gasteiger partial charge < -0.3 is 14.4 Å². The van der Waals surface area contributed by atoms with E-state index in [1.807, 2.05) is 0 Å². The number of benzene rings is 1. The first-order valence-electron chi connectivity index (χ1n) is 10.4. The molecule has 150 valence electrons. The summed E-state index contributed by atoms with van der Waals surface area (Å²) >= 11 is 0. The van der Waals surface area contributed by atoms with Gasteiger partial charge in [-0.2, -0.15) is 0 Å². The molecule has 1 saturated carbocycles. The van der Waals surface area contributed by atoms with Crippen LogP contribution in [0.15, 0.2) is 48.7 Å². The Balaban J connectivity index is 1.67. The van der Waals surface area contributed by atoms with Gasteiger partial charge in [0.05, 0.1) is 12.7 Å². The van der Waals surface area contributed by atoms with Crippen LogP contribution in [-0.2, 0) is 17.8 Å². The molecular formula is C24H32N2O2. The van der Waals surface area contributed by atoms with E-state index in [0.29, 0.717) is 19.2 Å². The Kier molecular flexibility index (Phi) is 8.17. The summed E-state index contributed by atoms with van der Waals surface area (Å²) in [5.41, 5.74) is 2.58. The van der Waals surface area contributed by atoms with Gasteiger partial charge in [0, 0.05) is 37.6 Å². The van der Waals surface area contributed by atoms with E-state index in [1.54, 1.807) is 0 Å². The van der Waals surface area contributed by atoms with E-state index < -0.39 is 6.10 Å². The Morgan fingerprint density at radius 3 is 2.68 bits per heavy atom. The van der Waals surface area contributed by atoms with E-state index in [1.165, 1.54) is 43.4 Å². The number of rotatable bonds is 10. The number of aliphatic hydroxyl groups excluding tert-OH is 1. The average Bonchev–Trinajstić information content (AvgIpc) is 3.16. The van der Waals surface area contributed by atoms with Crippen LogP contribution in [-0.4, -0.2) is 46.5 Å².